The quantitative estimate of drug-likeness (QED) is 0.642. The molecule has 3 aliphatic carbocycles. The molecule has 4 unspecified atom stereocenters. The van der Waals surface area contributed by atoms with Crippen LogP contribution in [-0.4, -0.2) is 26.6 Å². The van der Waals surface area contributed by atoms with Crippen LogP contribution in [0.3, 0.4) is 0 Å². The van der Waals surface area contributed by atoms with Gasteiger partial charge >= 0.3 is 0 Å². The first-order valence-electron chi connectivity index (χ1n) is 11.7. The molecule has 0 aliphatic heterocycles. The lowest BCUT2D eigenvalue weighted by Gasteiger charge is -2.35. The minimum atomic E-state index is -0.227. The Bertz CT molecular complexity index is 1160. The van der Waals surface area contributed by atoms with Gasteiger partial charge in [-0.3, -0.25) is 4.79 Å². The van der Waals surface area contributed by atoms with Gasteiger partial charge < -0.3 is 9.73 Å². The number of hydrogen-bond donors (Lipinski definition) is 1. The van der Waals surface area contributed by atoms with Crippen molar-refractivity contribution in [2.24, 2.45) is 11.8 Å². The second-order valence-electron chi connectivity index (χ2n) is 10.1. The Kier molecular flexibility index (Phi) is 4.46. The fourth-order valence-corrected chi connectivity index (χ4v) is 6.76. The zero-order valence-corrected chi connectivity index (χ0v) is 18.4. The Balaban J connectivity index is 1.34. The van der Waals surface area contributed by atoms with E-state index in [1.807, 2.05) is 49.4 Å². The molecular formula is C26H28N4O2. The van der Waals surface area contributed by atoms with Crippen molar-refractivity contribution >= 4 is 5.91 Å². The molecule has 4 atom stereocenters. The van der Waals surface area contributed by atoms with Crippen molar-refractivity contribution in [3.63, 3.8) is 0 Å². The maximum Gasteiger partial charge on any atom is 0.270 e. The normalized spacial score (nSPS) is 30.8. The molecule has 1 N–H and O–H groups in total. The number of benzene rings is 1. The highest BCUT2D eigenvalue weighted by Crippen LogP contribution is 2.62. The molecule has 2 aromatic heterocycles. The van der Waals surface area contributed by atoms with Crippen molar-refractivity contribution in [2.45, 2.75) is 62.8 Å². The summed E-state index contributed by atoms with van der Waals surface area (Å²) in [7, 11) is 0. The maximum absolute atomic E-state index is 13.2. The van der Waals surface area contributed by atoms with E-state index in [0.29, 0.717) is 23.4 Å². The molecule has 2 heterocycles. The van der Waals surface area contributed by atoms with E-state index in [1.165, 1.54) is 12.8 Å². The highest BCUT2D eigenvalue weighted by Gasteiger charge is 2.62. The number of amides is 1. The SMILES string of the molecule is Cc1cccc(C(=O)NC23CCCC4CC2CC(c2nnc(-c5ccccc5)o2)(C4)C3)n1. The van der Waals surface area contributed by atoms with E-state index in [0.717, 1.165) is 49.3 Å². The standard InChI is InChI=1S/C26H28N4O2/c1-17-7-5-11-21(27-17)22(31)28-26-12-6-8-18-13-20(26)15-25(14-18,16-26)24-30-29-23(32-24)19-9-3-2-4-10-19/h2-5,7,9-11,18,20H,6,8,12-16H2,1H3,(H,28,31). The van der Waals surface area contributed by atoms with Crippen LogP contribution < -0.4 is 5.32 Å². The number of nitrogens with one attached hydrogen (secondary N) is 1. The summed E-state index contributed by atoms with van der Waals surface area (Å²) in [5.74, 6) is 2.35. The highest BCUT2D eigenvalue weighted by molar-refractivity contribution is 5.93. The first-order valence-corrected chi connectivity index (χ1v) is 11.7. The summed E-state index contributed by atoms with van der Waals surface area (Å²) in [5.41, 5.74) is 1.93. The van der Waals surface area contributed by atoms with Crippen LogP contribution in [-0.2, 0) is 5.41 Å². The molecule has 6 rings (SSSR count). The van der Waals surface area contributed by atoms with E-state index in [2.05, 4.69) is 20.5 Å². The second kappa shape index (κ2) is 7.26. The van der Waals surface area contributed by atoms with Gasteiger partial charge in [0.25, 0.3) is 5.91 Å². The van der Waals surface area contributed by atoms with Crippen LogP contribution in [0.4, 0.5) is 0 Å². The number of hydrogen-bond acceptors (Lipinski definition) is 5. The third kappa shape index (κ3) is 3.15. The van der Waals surface area contributed by atoms with Gasteiger partial charge in [-0.15, -0.1) is 10.2 Å². The average Bonchev–Trinajstić information content (AvgIpc) is 3.34. The molecule has 0 spiro atoms. The van der Waals surface area contributed by atoms with E-state index < -0.39 is 0 Å². The zero-order valence-electron chi connectivity index (χ0n) is 18.4. The van der Waals surface area contributed by atoms with E-state index in [-0.39, 0.29) is 16.9 Å². The number of carbonyl (C=O) groups excluding carboxylic acids is 1. The monoisotopic (exact) mass is 428 g/mol. The van der Waals surface area contributed by atoms with E-state index in [4.69, 9.17) is 4.42 Å². The molecule has 6 heteroatoms. The van der Waals surface area contributed by atoms with Gasteiger partial charge in [0, 0.05) is 16.8 Å². The summed E-state index contributed by atoms with van der Waals surface area (Å²) in [5, 5.41) is 12.4. The summed E-state index contributed by atoms with van der Waals surface area (Å²) >= 11 is 0. The zero-order chi connectivity index (χ0) is 21.8. The molecule has 3 bridgehead atoms. The predicted molar refractivity (Wildman–Crippen MR) is 120 cm³/mol. The fourth-order valence-electron chi connectivity index (χ4n) is 6.76. The lowest BCUT2D eigenvalue weighted by Crippen LogP contribution is -2.51. The van der Waals surface area contributed by atoms with Gasteiger partial charge in [0.05, 0.1) is 5.41 Å². The van der Waals surface area contributed by atoms with E-state index in [9.17, 15) is 4.79 Å². The number of pyridine rings is 1. The second-order valence-corrected chi connectivity index (χ2v) is 10.1. The molecule has 0 radical (unpaired) electrons. The summed E-state index contributed by atoms with van der Waals surface area (Å²) in [6.07, 6.45) is 7.48. The molecule has 3 aromatic rings. The predicted octanol–water partition coefficient (Wildman–Crippen LogP) is 4.85. The number of rotatable bonds is 4. The summed E-state index contributed by atoms with van der Waals surface area (Å²) in [4.78, 5) is 17.7. The number of aryl methyl sites for hydroxylation is 1. The minimum Gasteiger partial charge on any atom is -0.420 e. The van der Waals surface area contributed by atoms with E-state index >= 15 is 0 Å². The van der Waals surface area contributed by atoms with Crippen molar-refractivity contribution in [1.29, 1.82) is 0 Å². The smallest absolute Gasteiger partial charge is 0.270 e. The number of nitrogens with zero attached hydrogens (tertiary/aromatic N) is 3. The summed E-state index contributed by atoms with van der Waals surface area (Å²) in [6.45, 7) is 1.92. The molecule has 3 saturated carbocycles. The van der Waals surface area contributed by atoms with E-state index in [1.54, 1.807) is 6.07 Å². The fraction of sp³-hybridized carbons (Fsp3) is 0.462. The molecule has 1 aromatic carbocycles. The molecule has 6 nitrogen and oxygen atoms in total. The molecule has 164 valence electrons. The molecule has 32 heavy (non-hydrogen) atoms. The minimum absolute atomic E-state index is 0.0645. The largest absolute Gasteiger partial charge is 0.420 e. The van der Waals surface area contributed by atoms with Crippen LogP contribution in [0.2, 0.25) is 0 Å². The van der Waals surface area contributed by atoms with Gasteiger partial charge in [-0.2, -0.15) is 0 Å². The van der Waals surface area contributed by atoms with Gasteiger partial charge in [0.1, 0.15) is 5.69 Å². The Morgan fingerprint density at radius 1 is 1.09 bits per heavy atom. The van der Waals surface area contributed by atoms with Crippen LogP contribution in [0.5, 0.6) is 0 Å². The van der Waals surface area contributed by atoms with Crippen LogP contribution >= 0.6 is 0 Å². The Labute approximate surface area is 187 Å². The highest BCUT2D eigenvalue weighted by atomic mass is 16.4. The van der Waals surface area contributed by atoms with Crippen molar-refractivity contribution in [1.82, 2.24) is 20.5 Å². The summed E-state index contributed by atoms with van der Waals surface area (Å²) < 4.78 is 6.30. The van der Waals surface area contributed by atoms with Gasteiger partial charge in [-0.25, -0.2) is 4.98 Å². The third-order valence-corrected chi connectivity index (χ3v) is 7.99. The number of aromatic nitrogens is 3. The lowest BCUT2D eigenvalue weighted by atomic mass is 9.69. The Hall–Kier alpha value is -3.02. The molecule has 1 amide bonds. The van der Waals surface area contributed by atoms with Crippen LogP contribution in [0.1, 0.15) is 67.0 Å². The third-order valence-electron chi connectivity index (χ3n) is 7.99. The summed E-state index contributed by atoms with van der Waals surface area (Å²) in [6, 6.07) is 15.6. The van der Waals surface area contributed by atoms with Crippen molar-refractivity contribution in [3.8, 4) is 11.5 Å². The maximum atomic E-state index is 13.2. The topological polar surface area (TPSA) is 80.9 Å². The van der Waals surface area contributed by atoms with Gasteiger partial charge in [0.15, 0.2) is 0 Å². The molecule has 3 aliphatic rings. The Morgan fingerprint density at radius 2 is 1.97 bits per heavy atom. The first kappa shape index (κ1) is 19.6. The van der Waals surface area contributed by atoms with Crippen molar-refractivity contribution in [3.05, 3.63) is 65.8 Å². The number of carbonyl (C=O) groups is 1. The molecule has 0 saturated heterocycles. The average molecular weight is 429 g/mol. The van der Waals surface area contributed by atoms with Crippen LogP contribution in [0.25, 0.3) is 11.5 Å². The number of fused-ring (bicyclic) bond motifs is 2. The molecule has 3 fully saturated rings. The lowest BCUT2D eigenvalue weighted by molar-refractivity contribution is 0.0856. The van der Waals surface area contributed by atoms with Crippen LogP contribution in [0.15, 0.2) is 52.9 Å². The van der Waals surface area contributed by atoms with Gasteiger partial charge in [0.2, 0.25) is 11.8 Å². The first-order chi connectivity index (χ1) is 15.6. The van der Waals surface area contributed by atoms with Gasteiger partial charge in [-0.1, -0.05) is 37.1 Å². The van der Waals surface area contributed by atoms with Gasteiger partial charge in [-0.05, 0) is 75.1 Å². The molecular weight excluding hydrogens is 400 g/mol. The van der Waals surface area contributed by atoms with Crippen molar-refractivity contribution in [2.75, 3.05) is 0 Å². The van der Waals surface area contributed by atoms with Crippen LogP contribution in [0, 0.1) is 18.8 Å². The Morgan fingerprint density at radius 3 is 2.81 bits per heavy atom. The van der Waals surface area contributed by atoms with Crippen molar-refractivity contribution < 1.29 is 9.21 Å².